The number of hydrogen-bond acceptors (Lipinski definition) is 6. The maximum atomic E-state index is 11.9. The Labute approximate surface area is 162 Å². The quantitative estimate of drug-likeness (QED) is 0.423. The maximum absolute atomic E-state index is 11.9. The van der Waals surface area contributed by atoms with E-state index in [0.717, 1.165) is 19.9 Å². The van der Waals surface area contributed by atoms with E-state index < -0.39 is 4.75 Å². The topological polar surface area (TPSA) is 57.0 Å². The van der Waals surface area contributed by atoms with Crippen LogP contribution in [0.4, 0.5) is 0 Å². The number of benzene rings is 1. The number of methoxy groups -OCH3 is 1. The second-order valence-electron chi connectivity index (χ2n) is 5.72. The number of aromatic nitrogens is 3. The van der Waals surface area contributed by atoms with E-state index in [4.69, 9.17) is 4.74 Å². The zero-order valence-electron chi connectivity index (χ0n) is 13.9. The van der Waals surface area contributed by atoms with Crippen LogP contribution in [0, 0.1) is 0 Å². The van der Waals surface area contributed by atoms with Gasteiger partial charge in [-0.05, 0) is 41.4 Å². The van der Waals surface area contributed by atoms with Crippen molar-refractivity contribution >= 4 is 45.0 Å². The zero-order chi connectivity index (χ0) is 18.0. The SMILES string of the molecule is COC(=O)C(C)(C)Sc1nncn1-c1cc(Br)c(-c2ccccc2)s1. The van der Waals surface area contributed by atoms with Crippen molar-refractivity contribution in [3.8, 4) is 15.4 Å². The predicted octanol–water partition coefficient (Wildman–Crippen LogP) is 4.80. The summed E-state index contributed by atoms with van der Waals surface area (Å²) in [6, 6.07) is 12.2. The molecule has 2 aromatic heterocycles. The van der Waals surface area contributed by atoms with Gasteiger partial charge in [-0.15, -0.1) is 21.5 Å². The Hall–Kier alpha value is -1.64. The molecule has 0 saturated carbocycles. The molecule has 0 N–H and O–H groups in total. The molecule has 0 bridgehead atoms. The first-order chi connectivity index (χ1) is 11.9. The molecule has 25 heavy (non-hydrogen) atoms. The molecule has 0 saturated heterocycles. The van der Waals surface area contributed by atoms with Crippen molar-refractivity contribution in [1.82, 2.24) is 14.8 Å². The van der Waals surface area contributed by atoms with E-state index in [-0.39, 0.29) is 5.97 Å². The van der Waals surface area contributed by atoms with Crippen LogP contribution >= 0.6 is 39.0 Å². The molecule has 0 unspecified atom stereocenters. The van der Waals surface area contributed by atoms with E-state index >= 15 is 0 Å². The molecule has 3 aromatic rings. The molecule has 0 aliphatic rings. The van der Waals surface area contributed by atoms with Gasteiger partial charge < -0.3 is 4.74 Å². The van der Waals surface area contributed by atoms with E-state index in [1.54, 1.807) is 17.7 Å². The molecular formula is C17H16BrN3O2S2. The normalized spacial score (nSPS) is 11.5. The second kappa shape index (κ2) is 7.31. The first-order valence-corrected chi connectivity index (χ1v) is 9.87. The average molecular weight is 438 g/mol. The third-order valence-electron chi connectivity index (χ3n) is 3.49. The van der Waals surface area contributed by atoms with Crippen molar-refractivity contribution in [3.63, 3.8) is 0 Å². The molecule has 0 radical (unpaired) electrons. The molecule has 0 atom stereocenters. The van der Waals surface area contributed by atoms with E-state index in [1.807, 2.05) is 42.7 Å². The van der Waals surface area contributed by atoms with Crippen LogP contribution in [0.1, 0.15) is 13.8 Å². The Balaban J connectivity index is 1.95. The minimum Gasteiger partial charge on any atom is -0.468 e. The Kier molecular flexibility index (Phi) is 5.31. The van der Waals surface area contributed by atoms with Gasteiger partial charge in [-0.1, -0.05) is 42.1 Å². The number of rotatable bonds is 5. The molecule has 0 aliphatic carbocycles. The van der Waals surface area contributed by atoms with E-state index in [0.29, 0.717) is 5.16 Å². The lowest BCUT2D eigenvalue weighted by Gasteiger charge is -2.19. The van der Waals surface area contributed by atoms with E-state index in [2.05, 4.69) is 38.3 Å². The number of thioether (sulfide) groups is 1. The van der Waals surface area contributed by atoms with Gasteiger partial charge in [0.05, 0.1) is 12.0 Å². The summed E-state index contributed by atoms with van der Waals surface area (Å²) in [6.45, 7) is 3.62. The molecule has 0 fully saturated rings. The number of carbonyl (C=O) groups is 1. The van der Waals surface area contributed by atoms with Gasteiger partial charge in [-0.2, -0.15) is 0 Å². The Morgan fingerprint density at radius 3 is 2.72 bits per heavy atom. The average Bonchev–Trinajstić information content (AvgIpc) is 3.20. The summed E-state index contributed by atoms with van der Waals surface area (Å²) in [6.07, 6.45) is 1.66. The minimum atomic E-state index is -0.754. The van der Waals surface area contributed by atoms with Gasteiger partial charge in [-0.25, -0.2) is 0 Å². The van der Waals surface area contributed by atoms with Crippen molar-refractivity contribution in [3.05, 3.63) is 47.2 Å². The number of hydrogen-bond donors (Lipinski definition) is 0. The number of nitrogens with zero attached hydrogens (tertiary/aromatic N) is 3. The maximum Gasteiger partial charge on any atom is 0.321 e. The minimum absolute atomic E-state index is 0.301. The zero-order valence-corrected chi connectivity index (χ0v) is 17.1. The van der Waals surface area contributed by atoms with Crippen LogP contribution in [-0.4, -0.2) is 32.6 Å². The third kappa shape index (κ3) is 3.80. The first-order valence-electron chi connectivity index (χ1n) is 7.45. The molecule has 0 spiro atoms. The molecule has 2 heterocycles. The standard InChI is InChI=1S/C17H16BrN3O2S2/c1-17(2,15(22)23-3)25-16-20-19-10-21(16)13-9-12(18)14(24-13)11-7-5-4-6-8-11/h4-10H,1-3H3. The summed E-state index contributed by atoms with van der Waals surface area (Å²) >= 11 is 6.59. The molecule has 1 aromatic carbocycles. The van der Waals surface area contributed by atoms with Crippen LogP contribution < -0.4 is 0 Å². The Bertz CT molecular complexity index is 890. The molecule has 5 nitrogen and oxygen atoms in total. The highest BCUT2D eigenvalue weighted by Crippen LogP contribution is 2.40. The molecule has 8 heteroatoms. The molecule has 0 amide bonds. The van der Waals surface area contributed by atoms with Gasteiger partial charge in [0.15, 0.2) is 5.16 Å². The van der Waals surface area contributed by atoms with E-state index in [1.165, 1.54) is 18.9 Å². The lowest BCUT2D eigenvalue weighted by molar-refractivity contribution is -0.142. The van der Waals surface area contributed by atoms with Crippen molar-refractivity contribution in [2.45, 2.75) is 23.8 Å². The molecular weight excluding hydrogens is 422 g/mol. The summed E-state index contributed by atoms with van der Waals surface area (Å²) < 4.78 is 7.01. The smallest absolute Gasteiger partial charge is 0.321 e. The number of halogens is 1. The van der Waals surface area contributed by atoms with Crippen molar-refractivity contribution in [2.75, 3.05) is 7.11 Å². The Morgan fingerprint density at radius 1 is 1.32 bits per heavy atom. The highest BCUT2D eigenvalue weighted by Gasteiger charge is 2.32. The number of carbonyl (C=O) groups excluding carboxylic acids is 1. The molecule has 130 valence electrons. The Morgan fingerprint density at radius 2 is 2.04 bits per heavy atom. The third-order valence-corrected chi connectivity index (χ3v) is 6.70. The van der Waals surface area contributed by atoms with Crippen LogP contribution in [0.5, 0.6) is 0 Å². The highest BCUT2D eigenvalue weighted by atomic mass is 79.9. The number of ether oxygens (including phenoxy) is 1. The fraction of sp³-hybridized carbons (Fsp3) is 0.235. The lowest BCUT2D eigenvalue weighted by atomic mass is 10.2. The van der Waals surface area contributed by atoms with Gasteiger partial charge in [0.2, 0.25) is 0 Å². The van der Waals surface area contributed by atoms with Gasteiger partial charge in [0.1, 0.15) is 16.1 Å². The first kappa shape index (κ1) is 18.2. The van der Waals surface area contributed by atoms with Gasteiger partial charge >= 0.3 is 5.97 Å². The number of thiophene rings is 1. The summed E-state index contributed by atoms with van der Waals surface area (Å²) in [7, 11) is 1.39. The summed E-state index contributed by atoms with van der Waals surface area (Å²) in [5, 5.41) is 9.79. The monoisotopic (exact) mass is 437 g/mol. The summed E-state index contributed by atoms with van der Waals surface area (Å²) in [4.78, 5) is 13.1. The van der Waals surface area contributed by atoms with Crippen LogP contribution in [-0.2, 0) is 9.53 Å². The largest absolute Gasteiger partial charge is 0.468 e. The summed E-state index contributed by atoms with van der Waals surface area (Å²) in [5.74, 6) is -0.301. The van der Waals surface area contributed by atoms with Crippen molar-refractivity contribution < 1.29 is 9.53 Å². The van der Waals surface area contributed by atoms with Gasteiger partial charge in [0.25, 0.3) is 0 Å². The van der Waals surface area contributed by atoms with Crippen molar-refractivity contribution in [2.24, 2.45) is 0 Å². The number of esters is 1. The van der Waals surface area contributed by atoms with Gasteiger partial charge in [0, 0.05) is 4.47 Å². The summed E-state index contributed by atoms with van der Waals surface area (Å²) in [5.41, 5.74) is 1.14. The fourth-order valence-electron chi connectivity index (χ4n) is 2.22. The van der Waals surface area contributed by atoms with Crippen molar-refractivity contribution in [1.29, 1.82) is 0 Å². The predicted molar refractivity (Wildman–Crippen MR) is 104 cm³/mol. The lowest BCUT2D eigenvalue weighted by Crippen LogP contribution is -2.29. The van der Waals surface area contributed by atoms with Gasteiger partial charge in [-0.3, -0.25) is 9.36 Å². The molecule has 0 aliphatic heterocycles. The van der Waals surface area contributed by atoms with Crippen LogP contribution in [0.2, 0.25) is 0 Å². The molecule has 3 rings (SSSR count). The van der Waals surface area contributed by atoms with Crippen LogP contribution in [0.15, 0.2) is 52.4 Å². The van der Waals surface area contributed by atoms with Crippen LogP contribution in [0.3, 0.4) is 0 Å². The van der Waals surface area contributed by atoms with E-state index in [9.17, 15) is 4.79 Å². The second-order valence-corrected chi connectivity index (χ2v) is 9.19. The highest BCUT2D eigenvalue weighted by molar-refractivity contribution is 9.10. The van der Waals surface area contributed by atoms with Crippen LogP contribution in [0.25, 0.3) is 15.4 Å². The fourth-order valence-corrected chi connectivity index (χ4v) is 5.10.